The first-order valence-corrected chi connectivity index (χ1v) is 2.43. The summed E-state index contributed by atoms with van der Waals surface area (Å²) in [6, 6.07) is 0. The van der Waals surface area contributed by atoms with Crippen LogP contribution in [0.5, 0.6) is 0 Å². The van der Waals surface area contributed by atoms with Crippen molar-refractivity contribution in [2.75, 3.05) is 0 Å². The summed E-state index contributed by atoms with van der Waals surface area (Å²) in [6.45, 7) is 0.934. The van der Waals surface area contributed by atoms with Gasteiger partial charge in [0.05, 0.1) is 6.42 Å². The quantitative estimate of drug-likeness (QED) is 0.384. The molecule has 0 heterocycles. The molecule has 0 bridgehead atoms. The topological polar surface area (TPSA) is 34.1 Å². The van der Waals surface area contributed by atoms with Gasteiger partial charge in [-0.15, -0.1) is 0 Å². The zero-order valence-electron chi connectivity index (χ0n) is 7.16. The average molecular weight is 194 g/mol. The molecule has 0 aromatic rings. The maximum Gasteiger partial charge on any atom is 1.00 e. The van der Waals surface area contributed by atoms with Crippen molar-refractivity contribution in [1.29, 1.82) is 0 Å². The van der Waals surface area contributed by atoms with Crippen LogP contribution < -0.4 is 51.4 Å². The molecule has 0 aliphatic rings. The van der Waals surface area contributed by atoms with E-state index < -0.39 is 24.2 Å². The number of alkyl halides is 3. The van der Waals surface area contributed by atoms with Gasteiger partial charge in [-0.25, -0.2) is 0 Å². The van der Waals surface area contributed by atoms with Crippen LogP contribution in [0.3, 0.4) is 0 Å². The Bertz CT molecular complexity index is 169. The third-order valence-corrected chi connectivity index (χ3v) is 0.726. The van der Waals surface area contributed by atoms with Gasteiger partial charge in [-0.1, -0.05) is 0 Å². The average Bonchev–Trinajstić information content (AvgIpc) is 1.60. The van der Waals surface area contributed by atoms with Crippen molar-refractivity contribution in [1.82, 2.24) is 0 Å². The molecule has 0 aromatic carbocycles. The predicted octanol–water partition coefficient (Wildman–Crippen LogP) is -1.79. The molecule has 0 rings (SSSR count). The number of hydrogen-bond donors (Lipinski definition) is 0. The van der Waals surface area contributed by atoms with Gasteiger partial charge in [-0.2, -0.15) is 13.2 Å². The van der Waals surface area contributed by atoms with Crippen molar-refractivity contribution in [3.05, 3.63) is 0 Å². The second-order valence-electron chi connectivity index (χ2n) is 1.80. The monoisotopic (exact) mass is 194 g/mol. The SMILES string of the molecule is CC(=O)CC(=O)C(F)(F)F.[H-].[K+]. The van der Waals surface area contributed by atoms with Crippen LogP contribution in [0.25, 0.3) is 0 Å². The van der Waals surface area contributed by atoms with E-state index in [1.54, 1.807) is 0 Å². The van der Waals surface area contributed by atoms with Crippen LogP contribution in [0.1, 0.15) is 14.8 Å². The van der Waals surface area contributed by atoms with Gasteiger partial charge < -0.3 is 1.43 Å². The van der Waals surface area contributed by atoms with Crippen molar-refractivity contribution in [2.24, 2.45) is 0 Å². The minimum Gasteiger partial charge on any atom is -1.00 e. The van der Waals surface area contributed by atoms with Crippen LogP contribution in [0.15, 0.2) is 0 Å². The van der Waals surface area contributed by atoms with Crippen LogP contribution in [-0.4, -0.2) is 17.7 Å². The van der Waals surface area contributed by atoms with Gasteiger partial charge in [0.25, 0.3) is 0 Å². The van der Waals surface area contributed by atoms with Crippen molar-refractivity contribution >= 4 is 11.6 Å². The molecule has 2 nitrogen and oxygen atoms in total. The summed E-state index contributed by atoms with van der Waals surface area (Å²) in [6.07, 6.45) is -5.92. The first-order valence-electron chi connectivity index (χ1n) is 2.43. The third kappa shape index (κ3) is 7.14. The minimum atomic E-state index is -4.87. The second-order valence-corrected chi connectivity index (χ2v) is 1.80. The zero-order chi connectivity index (χ0) is 8.36. The van der Waals surface area contributed by atoms with E-state index in [2.05, 4.69) is 0 Å². The summed E-state index contributed by atoms with van der Waals surface area (Å²) in [7, 11) is 0. The third-order valence-electron chi connectivity index (χ3n) is 0.726. The smallest absolute Gasteiger partial charge is 1.00 e. The molecule has 11 heavy (non-hydrogen) atoms. The standard InChI is InChI=1S/C5H5F3O2.K.H/c1-3(9)2-4(10)5(6,7)8;;/h2H2,1H3;;/q;+1;-1. The van der Waals surface area contributed by atoms with Gasteiger partial charge in [0, 0.05) is 0 Å². The summed E-state index contributed by atoms with van der Waals surface area (Å²) in [5.41, 5.74) is 0. The van der Waals surface area contributed by atoms with E-state index >= 15 is 0 Å². The Labute approximate surface area is 105 Å². The molecule has 0 atom stereocenters. The van der Waals surface area contributed by atoms with Gasteiger partial charge in [-0.3, -0.25) is 9.59 Å². The van der Waals surface area contributed by atoms with E-state index in [-0.39, 0.29) is 52.8 Å². The van der Waals surface area contributed by atoms with Crippen LogP contribution in [-0.2, 0) is 9.59 Å². The van der Waals surface area contributed by atoms with Crippen LogP contribution in [0, 0.1) is 0 Å². The fraction of sp³-hybridized carbons (Fsp3) is 0.600. The molecule has 0 fully saturated rings. The molecule has 0 aliphatic carbocycles. The summed E-state index contributed by atoms with van der Waals surface area (Å²) in [5, 5.41) is 0. The van der Waals surface area contributed by atoms with E-state index in [1.807, 2.05) is 0 Å². The molecule has 0 N–H and O–H groups in total. The number of hydrogen-bond acceptors (Lipinski definition) is 2. The maximum atomic E-state index is 11.3. The van der Waals surface area contributed by atoms with E-state index in [0.29, 0.717) is 0 Å². The largest absolute Gasteiger partial charge is 1.00 e. The normalized spacial score (nSPS) is 10.2. The van der Waals surface area contributed by atoms with Crippen molar-refractivity contribution in [3.8, 4) is 0 Å². The molecule has 6 heteroatoms. The molecule has 0 amide bonds. The van der Waals surface area contributed by atoms with Gasteiger partial charge in [0.15, 0.2) is 0 Å². The van der Waals surface area contributed by atoms with E-state index in [4.69, 9.17) is 0 Å². The first kappa shape index (κ1) is 14.3. The number of carbonyl (C=O) groups is 2. The molecular formula is C5H6F3KO2. The summed E-state index contributed by atoms with van der Waals surface area (Å²) >= 11 is 0. The molecule has 0 radical (unpaired) electrons. The van der Waals surface area contributed by atoms with Crippen LogP contribution in [0.2, 0.25) is 0 Å². The minimum absolute atomic E-state index is 0. The summed E-state index contributed by atoms with van der Waals surface area (Å²) in [4.78, 5) is 19.9. The maximum absolute atomic E-state index is 11.3. The van der Waals surface area contributed by atoms with Gasteiger partial charge >= 0.3 is 57.6 Å². The Balaban J connectivity index is -0.000000405. The van der Waals surface area contributed by atoms with E-state index in [0.717, 1.165) is 6.92 Å². The number of Topliss-reactive ketones (excluding diaryl/α,β-unsaturated/α-hetero) is 2. The molecule has 0 saturated carbocycles. The van der Waals surface area contributed by atoms with E-state index in [9.17, 15) is 22.8 Å². The number of rotatable bonds is 2. The van der Waals surface area contributed by atoms with Crippen molar-refractivity contribution in [3.63, 3.8) is 0 Å². The zero-order valence-corrected chi connectivity index (χ0v) is 9.28. The molecule has 0 aromatic heterocycles. The van der Waals surface area contributed by atoms with E-state index in [1.165, 1.54) is 0 Å². The van der Waals surface area contributed by atoms with Crippen molar-refractivity contribution < 1.29 is 75.6 Å². The molecule has 0 aliphatic heterocycles. The fourth-order valence-corrected chi connectivity index (χ4v) is 0.326. The fourth-order valence-electron chi connectivity index (χ4n) is 0.326. The Morgan fingerprint density at radius 2 is 1.73 bits per heavy atom. The number of halogens is 3. The molecule has 0 unspecified atom stereocenters. The summed E-state index contributed by atoms with van der Waals surface area (Å²) < 4.78 is 33.9. The predicted molar refractivity (Wildman–Crippen MR) is 27.5 cm³/mol. The van der Waals surface area contributed by atoms with Gasteiger partial charge in [-0.05, 0) is 6.92 Å². The number of carbonyl (C=O) groups excluding carboxylic acids is 2. The second kappa shape index (κ2) is 5.42. The Kier molecular flexibility index (Phi) is 7.04. The van der Waals surface area contributed by atoms with Gasteiger partial charge in [0.2, 0.25) is 5.78 Å². The molecular weight excluding hydrogens is 188 g/mol. The summed E-state index contributed by atoms with van der Waals surface area (Å²) in [5.74, 6) is -2.76. The Morgan fingerprint density at radius 1 is 1.36 bits per heavy atom. The first-order chi connectivity index (χ1) is 4.34. The molecule has 60 valence electrons. The Morgan fingerprint density at radius 3 is 1.82 bits per heavy atom. The molecule has 0 saturated heterocycles. The van der Waals surface area contributed by atoms with Crippen molar-refractivity contribution in [2.45, 2.75) is 19.5 Å². The Hall–Kier alpha value is 0.766. The van der Waals surface area contributed by atoms with Gasteiger partial charge in [0.1, 0.15) is 5.78 Å². The van der Waals surface area contributed by atoms with Crippen LogP contribution >= 0.6 is 0 Å². The van der Waals surface area contributed by atoms with Crippen LogP contribution in [0.4, 0.5) is 13.2 Å². The number of ketones is 2. The molecule has 0 spiro atoms.